The highest BCUT2D eigenvalue weighted by Gasteiger charge is 2.34. The van der Waals surface area contributed by atoms with Crippen LogP contribution in [0.25, 0.3) is 10.8 Å². The molecule has 1 aliphatic rings. The van der Waals surface area contributed by atoms with Gasteiger partial charge in [0.25, 0.3) is 10.0 Å². The molecule has 0 saturated carbocycles. The predicted molar refractivity (Wildman–Crippen MR) is 95.0 cm³/mol. The molecule has 3 aromatic carbocycles. The van der Waals surface area contributed by atoms with Gasteiger partial charge in [-0.1, -0.05) is 42.5 Å². The van der Waals surface area contributed by atoms with E-state index in [2.05, 4.69) is 0 Å². The Morgan fingerprint density at radius 2 is 1.67 bits per heavy atom. The summed E-state index contributed by atoms with van der Waals surface area (Å²) in [5.74, 6) is 0.597. The minimum Gasteiger partial charge on any atom is -0.489 e. The zero-order valence-electron chi connectivity index (χ0n) is 13.2. The number of para-hydroxylation sites is 2. The van der Waals surface area contributed by atoms with Crippen LogP contribution in [0, 0.1) is 0 Å². The van der Waals surface area contributed by atoms with Gasteiger partial charge in [0.2, 0.25) is 0 Å². The molecule has 1 heterocycles. The summed E-state index contributed by atoms with van der Waals surface area (Å²) in [5, 5.41) is 1.93. The van der Waals surface area contributed by atoms with Crippen LogP contribution in [-0.4, -0.2) is 21.1 Å². The molecular formula is C19H17NO3S. The first-order chi connectivity index (χ1) is 11.6. The van der Waals surface area contributed by atoms with Gasteiger partial charge in [-0.25, -0.2) is 8.42 Å². The van der Waals surface area contributed by atoms with Crippen LogP contribution >= 0.6 is 0 Å². The summed E-state index contributed by atoms with van der Waals surface area (Å²) in [4.78, 5) is 0.296. The second kappa shape index (κ2) is 5.53. The van der Waals surface area contributed by atoms with Crippen molar-refractivity contribution in [3.8, 4) is 5.75 Å². The van der Waals surface area contributed by atoms with Crippen molar-refractivity contribution in [2.45, 2.75) is 17.9 Å². The van der Waals surface area contributed by atoms with Crippen molar-refractivity contribution in [3.05, 3.63) is 66.7 Å². The number of ether oxygens (including phenoxy) is 1. The number of nitrogens with zero attached hydrogens (tertiary/aromatic N) is 1. The lowest BCUT2D eigenvalue weighted by atomic mass is 10.1. The second-order valence-electron chi connectivity index (χ2n) is 5.94. The first kappa shape index (κ1) is 15.0. The van der Waals surface area contributed by atoms with Crippen LogP contribution < -0.4 is 9.04 Å². The molecule has 0 aliphatic carbocycles. The molecule has 0 amide bonds. The number of benzene rings is 3. The van der Waals surface area contributed by atoms with Crippen LogP contribution in [-0.2, 0) is 10.0 Å². The molecule has 5 heteroatoms. The minimum atomic E-state index is -3.66. The summed E-state index contributed by atoms with van der Waals surface area (Å²) >= 11 is 0. The summed E-state index contributed by atoms with van der Waals surface area (Å²) < 4.78 is 33.7. The molecule has 0 fully saturated rings. The quantitative estimate of drug-likeness (QED) is 0.713. The van der Waals surface area contributed by atoms with E-state index in [-0.39, 0.29) is 6.04 Å². The summed E-state index contributed by atoms with van der Waals surface area (Å²) in [5.41, 5.74) is 0.587. The molecule has 0 bridgehead atoms. The van der Waals surface area contributed by atoms with Crippen LogP contribution in [0.2, 0.25) is 0 Å². The largest absolute Gasteiger partial charge is 0.489 e. The van der Waals surface area contributed by atoms with Crippen LogP contribution in [0.1, 0.15) is 6.92 Å². The Hall–Kier alpha value is -2.53. The Morgan fingerprint density at radius 3 is 2.50 bits per heavy atom. The number of sulfonamides is 1. The molecule has 0 radical (unpaired) electrons. The van der Waals surface area contributed by atoms with E-state index < -0.39 is 10.0 Å². The van der Waals surface area contributed by atoms with E-state index in [4.69, 9.17) is 4.74 Å². The summed E-state index contributed by atoms with van der Waals surface area (Å²) in [6.45, 7) is 2.19. The molecule has 0 spiro atoms. The number of rotatable bonds is 2. The summed E-state index contributed by atoms with van der Waals surface area (Å²) in [6.07, 6.45) is 0. The lowest BCUT2D eigenvalue weighted by Crippen LogP contribution is -2.44. The fourth-order valence-electron chi connectivity index (χ4n) is 3.08. The smallest absolute Gasteiger partial charge is 0.264 e. The first-order valence-corrected chi connectivity index (χ1v) is 9.26. The predicted octanol–water partition coefficient (Wildman–Crippen LogP) is 3.82. The van der Waals surface area contributed by atoms with E-state index in [1.54, 1.807) is 24.3 Å². The highest BCUT2D eigenvalue weighted by atomic mass is 32.2. The average Bonchev–Trinajstić information content (AvgIpc) is 2.61. The standard InChI is InChI=1S/C19H17NO3S/c1-14-13-23-19-9-5-4-8-18(19)20(14)24(21,22)17-11-10-15-6-2-3-7-16(15)12-17/h2-12,14H,13H2,1H3. The van der Waals surface area contributed by atoms with Crippen molar-refractivity contribution in [1.29, 1.82) is 0 Å². The van der Waals surface area contributed by atoms with Crippen molar-refractivity contribution >= 4 is 26.5 Å². The third kappa shape index (κ3) is 2.32. The van der Waals surface area contributed by atoms with E-state index in [1.165, 1.54) is 4.31 Å². The molecule has 1 unspecified atom stereocenters. The van der Waals surface area contributed by atoms with E-state index in [9.17, 15) is 8.42 Å². The van der Waals surface area contributed by atoms with Gasteiger partial charge in [0.1, 0.15) is 12.4 Å². The van der Waals surface area contributed by atoms with E-state index in [1.807, 2.05) is 49.4 Å². The summed E-state index contributed by atoms with van der Waals surface area (Å²) in [7, 11) is -3.66. The monoisotopic (exact) mass is 339 g/mol. The lowest BCUT2D eigenvalue weighted by molar-refractivity contribution is 0.281. The topological polar surface area (TPSA) is 46.6 Å². The molecule has 24 heavy (non-hydrogen) atoms. The molecular weight excluding hydrogens is 322 g/mol. The van der Waals surface area contributed by atoms with Crippen LogP contribution in [0.15, 0.2) is 71.6 Å². The van der Waals surface area contributed by atoms with E-state index in [0.717, 1.165) is 10.8 Å². The van der Waals surface area contributed by atoms with Gasteiger partial charge in [0.15, 0.2) is 0 Å². The van der Waals surface area contributed by atoms with Gasteiger partial charge in [-0.15, -0.1) is 0 Å². The van der Waals surface area contributed by atoms with Gasteiger partial charge in [-0.3, -0.25) is 4.31 Å². The Kier molecular flexibility index (Phi) is 3.46. The minimum absolute atomic E-state index is 0.267. The van der Waals surface area contributed by atoms with Crippen molar-refractivity contribution in [2.24, 2.45) is 0 Å². The molecule has 122 valence electrons. The highest BCUT2D eigenvalue weighted by Crippen LogP contribution is 2.37. The highest BCUT2D eigenvalue weighted by molar-refractivity contribution is 7.92. The van der Waals surface area contributed by atoms with Crippen LogP contribution in [0.3, 0.4) is 0 Å². The Labute approximate surface area is 141 Å². The fraction of sp³-hybridized carbons (Fsp3) is 0.158. The zero-order valence-corrected chi connectivity index (χ0v) is 14.0. The molecule has 4 nitrogen and oxygen atoms in total. The van der Waals surface area contributed by atoms with Crippen molar-refractivity contribution in [2.75, 3.05) is 10.9 Å². The maximum atomic E-state index is 13.3. The molecule has 1 aliphatic heterocycles. The molecule has 0 aromatic heterocycles. The molecule has 0 N–H and O–H groups in total. The Bertz CT molecular complexity index is 1010. The first-order valence-electron chi connectivity index (χ1n) is 7.82. The van der Waals surface area contributed by atoms with E-state index >= 15 is 0 Å². The number of fused-ring (bicyclic) bond motifs is 2. The third-order valence-electron chi connectivity index (χ3n) is 4.26. The lowest BCUT2D eigenvalue weighted by Gasteiger charge is -2.35. The van der Waals surface area contributed by atoms with Gasteiger partial charge in [-0.05, 0) is 42.0 Å². The second-order valence-corrected chi connectivity index (χ2v) is 7.75. The molecule has 3 aromatic rings. The maximum absolute atomic E-state index is 13.3. The summed E-state index contributed by atoms with van der Waals surface area (Å²) in [6, 6.07) is 20.0. The van der Waals surface area contributed by atoms with Crippen molar-refractivity contribution in [3.63, 3.8) is 0 Å². The number of hydrogen-bond acceptors (Lipinski definition) is 3. The van der Waals surface area contributed by atoms with Gasteiger partial charge in [-0.2, -0.15) is 0 Å². The molecule has 1 atom stereocenters. The average molecular weight is 339 g/mol. The number of hydrogen-bond donors (Lipinski definition) is 0. The normalized spacial score (nSPS) is 17.4. The molecule has 0 saturated heterocycles. The third-order valence-corrected chi connectivity index (χ3v) is 6.18. The van der Waals surface area contributed by atoms with Crippen molar-refractivity contribution in [1.82, 2.24) is 0 Å². The van der Waals surface area contributed by atoms with E-state index in [0.29, 0.717) is 22.9 Å². The molecule has 4 rings (SSSR count). The number of anilines is 1. The van der Waals surface area contributed by atoms with Crippen LogP contribution in [0.5, 0.6) is 5.75 Å². The van der Waals surface area contributed by atoms with Gasteiger partial charge in [0, 0.05) is 0 Å². The fourth-order valence-corrected chi connectivity index (χ4v) is 4.77. The Balaban J connectivity index is 1.87. The Morgan fingerprint density at radius 1 is 0.958 bits per heavy atom. The van der Waals surface area contributed by atoms with Gasteiger partial charge in [0.05, 0.1) is 16.6 Å². The zero-order chi connectivity index (χ0) is 16.7. The maximum Gasteiger partial charge on any atom is 0.264 e. The van der Waals surface area contributed by atoms with Gasteiger partial charge >= 0.3 is 0 Å². The van der Waals surface area contributed by atoms with Crippen LogP contribution in [0.4, 0.5) is 5.69 Å². The van der Waals surface area contributed by atoms with Gasteiger partial charge < -0.3 is 4.74 Å². The SMILES string of the molecule is CC1COc2ccccc2N1S(=O)(=O)c1ccc2ccccc2c1. The van der Waals surface area contributed by atoms with Crippen molar-refractivity contribution < 1.29 is 13.2 Å².